The van der Waals surface area contributed by atoms with E-state index in [1.165, 1.54) is 11.4 Å². The minimum absolute atomic E-state index is 0.0430. The molecule has 0 spiro atoms. The standard InChI is InChI=1S/C17H24N2O6S/c1-24-16-7-13-5-6-18(9-14(13)8-17(16)25-2)26(22,23)10-15(12-3-4-12)19(21)11-20/h7-8,11-12,15,21H,3-6,9-10H2,1-2H3. The van der Waals surface area contributed by atoms with E-state index < -0.39 is 16.1 Å². The van der Waals surface area contributed by atoms with Crippen LogP contribution in [0.2, 0.25) is 0 Å². The summed E-state index contributed by atoms with van der Waals surface area (Å²) in [4.78, 5) is 10.9. The van der Waals surface area contributed by atoms with E-state index in [1.807, 2.05) is 6.07 Å². The van der Waals surface area contributed by atoms with Gasteiger partial charge in [-0.1, -0.05) is 0 Å². The molecule has 0 radical (unpaired) electrons. The molecule has 1 aliphatic carbocycles. The number of fused-ring (bicyclic) bond motifs is 1. The zero-order chi connectivity index (χ0) is 18.9. The summed E-state index contributed by atoms with van der Waals surface area (Å²) in [5, 5.41) is 10.2. The quantitative estimate of drug-likeness (QED) is 0.408. The molecule has 1 aromatic carbocycles. The van der Waals surface area contributed by atoms with E-state index in [0.29, 0.717) is 29.5 Å². The van der Waals surface area contributed by atoms with E-state index in [4.69, 9.17) is 9.47 Å². The number of hydroxylamine groups is 2. The fourth-order valence-corrected chi connectivity index (χ4v) is 5.18. The van der Waals surface area contributed by atoms with Crippen molar-refractivity contribution in [2.24, 2.45) is 5.92 Å². The molecule has 1 unspecified atom stereocenters. The van der Waals surface area contributed by atoms with Gasteiger partial charge in [-0.2, -0.15) is 4.31 Å². The van der Waals surface area contributed by atoms with Gasteiger partial charge in [-0.05, 0) is 48.4 Å². The molecule has 1 aromatic rings. The Morgan fingerprint density at radius 2 is 1.88 bits per heavy atom. The van der Waals surface area contributed by atoms with Crippen molar-refractivity contribution in [2.45, 2.75) is 31.8 Å². The van der Waals surface area contributed by atoms with Crippen molar-refractivity contribution in [1.29, 1.82) is 0 Å². The topological polar surface area (TPSA) is 96.4 Å². The van der Waals surface area contributed by atoms with Crippen molar-refractivity contribution in [3.8, 4) is 11.5 Å². The maximum Gasteiger partial charge on any atom is 0.233 e. The van der Waals surface area contributed by atoms with E-state index in [1.54, 1.807) is 13.2 Å². The highest BCUT2D eigenvalue weighted by molar-refractivity contribution is 7.89. The monoisotopic (exact) mass is 384 g/mol. The molecule has 1 heterocycles. The SMILES string of the molecule is COc1cc2c(cc1OC)CN(S(=O)(=O)CC(C1CC1)N(O)C=O)CC2. The number of sulfonamides is 1. The zero-order valence-corrected chi connectivity index (χ0v) is 15.7. The fourth-order valence-electron chi connectivity index (χ4n) is 3.40. The molecule has 0 aromatic heterocycles. The fraction of sp³-hybridized carbons (Fsp3) is 0.588. The first-order valence-corrected chi connectivity index (χ1v) is 10.1. The molecule has 1 N–H and O–H groups in total. The molecule has 1 fully saturated rings. The van der Waals surface area contributed by atoms with Crippen molar-refractivity contribution in [3.63, 3.8) is 0 Å². The average Bonchev–Trinajstić information content (AvgIpc) is 3.48. The van der Waals surface area contributed by atoms with Gasteiger partial charge in [0.05, 0.1) is 26.0 Å². The van der Waals surface area contributed by atoms with Crippen LogP contribution in [0.3, 0.4) is 0 Å². The lowest BCUT2D eigenvalue weighted by Crippen LogP contribution is -2.45. The third-order valence-corrected chi connectivity index (χ3v) is 6.93. The Bertz CT molecular complexity index is 778. The van der Waals surface area contributed by atoms with Gasteiger partial charge in [0.25, 0.3) is 0 Å². The highest BCUT2D eigenvalue weighted by Gasteiger charge is 2.40. The highest BCUT2D eigenvalue weighted by atomic mass is 32.2. The number of hydrogen-bond acceptors (Lipinski definition) is 6. The second-order valence-electron chi connectivity index (χ2n) is 6.73. The summed E-state index contributed by atoms with van der Waals surface area (Å²) in [5.41, 5.74) is 1.90. The lowest BCUT2D eigenvalue weighted by atomic mass is 10.0. The summed E-state index contributed by atoms with van der Waals surface area (Å²) in [6, 6.07) is 3.00. The minimum Gasteiger partial charge on any atom is -0.493 e. The van der Waals surface area contributed by atoms with Crippen LogP contribution in [-0.4, -0.2) is 62.0 Å². The Balaban J connectivity index is 1.79. The van der Waals surface area contributed by atoms with Crippen LogP contribution in [0.15, 0.2) is 12.1 Å². The first kappa shape index (κ1) is 18.9. The lowest BCUT2D eigenvalue weighted by Gasteiger charge is -2.31. The Morgan fingerprint density at radius 1 is 1.27 bits per heavy atom. The molecule has 0 bridgehead atoms. The van der Waals surface area contributed by atoms with Crippen LogP contribution in [0.4, 0.5) is 0 Å². The van der Waals surface area contributed by atoms with Crippen molar-refractivity contribution in [2.75, 3.05) is 26.5 Å². The molecule has 144 valence electrons. The average molecular weight is 384 g/mol. The second kappa shape index (κ2) is 7.42. The Hall–Kier alpha value is -1.84. The van der Waals surface area contributed by atoms with E-state index >= 15 is 0 Å². The van der Waals surface area contributed by atoms with Crippen LogP contribution in [0.1, 0.15) is 24.0 Å². The summed E-state index contributed by atoms with van der Waals surface area (Å²) < 4.78 is 37.7. The number of hydrogen-bond donors (Lipinski definition) is 1. The molecular formula is C17H24N2O6S. The molecule has 2 aliphatic rings. The number of ether oxygens (including phenoxy) is 2. The number of nitrogens with zero attached hydrogens (tertiary/aromatic N) is 2. The maximum atomic E-state index is 12.9. The predicted octanol–water partition coefficient (Wildman–Crippen LogP) is 1.02. The van der Waals surface area contributed by atoms with Gasteiger partial charge in [-0.25, -0.2) is 13.5 Å². The molecule has 1 atom stereocenters. The van der Waals surface area contributed by atoms with Crippen molar-refractivity contribution >= 4 is 16.4 Å². The molecule has 1 aliphatic heterocycles. The number of carbonyl (C=O) groups excluding carboxylic acids is 1. The van der Waals surface area contributed by atoms with Crippen LogP contribution < -0.4 is 9.47 Å². The second-order valence-corrected chi connectivity index (χ2v) is 8.74. The summed E-state index contributed by atoms with van der Waals surface area (Å²) >= 11 is 0. The lowest BCUT2D eigenvalue weighted by molar-refractivity contribution is -0.160. The third-order valence-electron chi connectivity index (χ3n) is 5.07. The molecule has 26 heavy (non-hydrogen) atoms. The van der Waals surface area contributed by atoms with Gasteiger partial charge in [0.2, 0.25) is 16.4 Å². The Kier molecular flexibility index (Phi) is 5.40. The maximum absolute atomic E-state index is 12.9. The zero-order valence-electron chi connectivity index (χ0n) is 14.9. The van der Waals surface area contributed by atoms with Gasteiger partial charge in [-0.15, -0.1) is 0 Å². The first-order chi connectivity index (χ1) is 12.4. The molecule has 0 saturated heterocycles. The Labute approximate surface area is 153 Å². The number of rotatable bonds is 8. The summed E-state index contributed by atoms with van der Waals surface area (Å²) in [7, 11) is -0.516. The number of amides is 1. The van der Waals surface area contributed by atoms with Gasteiger partial charge in [-0.3, -0.25) is 10.0 Å². The summed E-state index contributed by atoms with van der Waals surface area (Å²) in [6.07, 6.45) is 2.50. The van der Waals surface area contributed by atoms with Crippen LogP contribution in [0.5, 0.6) is 11.5 Å². The van der Waals surface area contributed by atoms with E-state index in [-0.39, 0.29) is 24.6 Å². The largest absolute Gasteiger partial charge is 0.493 e. The predicted molar refractivity (Wildman–Crippen MR) is 93.6 cm³/mol. The van der Waals surface area contributed by atoms with Crippen molar-refractivity contribution in [3.05, 3.63) is 23.3 Å². The van der Waals surface area contributed by atoms with Crippen molar-refractivity contribution < 1.29 is 27.9 Å². The van der Waals surface area contributed by atoms with Gasteiger partial charge in [0.15, 0.2) is 11.5 Å². The summed E-state index contributed by atoms with van der Waals surface area (Å²) in [5.74, 6) is 0.957. The number of methoxy groups -OCH3 is 2. The van der Waals surface area contributed by atoms with Gasteiger partial charge in [0.1, 0.15) is 0 Å². The molecular weight excluding hydrogens is 360 g/mol. The minimum atomic E-state index is -3.62. The molecule has 9 heteroatoms. The van der Waals surface area contributed by atoms with Crippen LogP contribution in [0, 0.1) is 5.92 Å². The Morgan fingerprint density at radius 3 is 2.42 bits per heavy atom. The van der Waals surface area contributed by atoms with Gasteiger partial charge < -0.3 is 9.47 Å². The number of carbonyl (C=O) groups is 1. The summed E-state index contributed by atoms with van der Waals surface area (Å²) in [6.45, 7) is 0.594. The van der Waals surface area contributed by atoms with Crippen LogP contribution >= 0.6 is 0 Å². The van der Waals surface area contributed by atoms with Crippen LogP contribution in [-0.2, 0) is 27.8 Å². The normalized spacial score (nSPS) is 18.7. The van der Waals surface area contributed by atoms with E-state index in [9.17, 15) is 18.4 Å². The molecule has 8 nitrogen and oxygen atoms in total. The van der Waals surface area contributed by atoms with Crippen LogP contribution in [0.25, 0.3) is 0 Å². The van der Waals surface area contributed by atoms with Gasteiger partial charge >= 0.3 is 0 Å². The first-order valence-electron chi connectivity index (χ1n) is 8.53. The molecule has 1 saturated carbocycles. The van der Waals surface area contributed by atoms with Crippen molar-refractivity contribution in [1.82, 2.24) is 9.37 Å². The van der Waals surface area contributed by atoms with E-state index in [2.05, 4.69) is 0 Å². The van der Waals surface area contributed by atoms with Gasteiger partial charge in [0, 0.05) is 13.1 Å². The molecule has 3 rings (SSSR count). The smallest absolute Gasteiger partial charge is 0.233 e. The molecule has 1 amide bonds. The number of benzene rings is 1. The third kappa shape index (κ3) is 3.79. The highest BCUT2D eigenvalue weighted by Crippen LogP contribution is 2.37. The van der Waals surface area contributed by atoms with E-state index in [0.717, 1.165) is 24.0 Å².